The summed E-state index contributed by atoms with van der Waals surface area (Å²) in [5.74, 6) is -0.360. The van der Waals surface area contributed by atoms with E-state index in [9.17, 15) is 14.0 Å². The molecule has 2 N–H and O–H groups in total. The number of thiazole rings is 1. The number of aromatic nitrogens is 1. The van der Waals surface area contributed by atoms with Gasteiger partial charge in [-0.25, -0.2) is 9.37 Å². The highest BCUT2D eigenvalue weighted by Gasteiger charge is 2.24. The first-order valence-corrected chi connectivity index (χ1v) is 14.5. The lowest BCUT2D eigenvalue weighted by atomic mass is 9.88. The summed E-state index contributed by atoms with van der Waals surface area (Å²) in [6.45, 7) is 0. The summed E-state index contributed by atoms with van der Waals surface area (Å²) in [5, 5.41) is 7.81. The largest absolute Gasteiger partial charge is 0.326 e. The van der Waals surface area contributed by atoms with Crippen molar-refractivity contribution in [3.8, 4) is 11.3 Å². The molecule has 194 valence electrons. The van der Waals surface area contributed by atoms with Gasteiger partial charge in [-0.2, -0.15) is 0 Å². The highest BCUT2D eigenvalue weighted by molar-refractivity contribution is 8.00. The number of nitrogens with one attached hydrogen (secondary N) is 2. The molecule has 0 radical (unpaired) electrons. The Hall–Kier alpha value is -3.49. The van der Waals surface area contributed by atoms with Crippen LogP contribution in [-0.2, 0) is 9.59 Å². The van der Waals surface area contributed by atoms with E-state index in [4.69, 9.17) is 0 Å². The van der Waals surface area contributed by atoms with E-state index in [1.165, 1.54) is 41.7 Å². The number of rotatable bonds is 8. The molecule has 2 amide bonds. The molecule has 0 bridgehead atoms. The quantitative estimate of drug-likeness (QED) is 0.221. The van der Waals surface area contributed by atoms with Crippen molar-refractivity contribution in [2.24, 2.45) is 5.92 Å². The molecule has 0 spiro atoms. The van der Waals surface area contributed by atoms with Crippen molar-refractivity contribution in [3.05, 3.63) is 95.6 Å². The Balaban J connectivity index is 1.31. The fraction of sp³-hybridized carbons (Fsp3) is 0.233. The number of halogens is 1. The van der Waals surface area contributed by atoms with Crippen molar-refractivity contribution in [1.82, 2.24) is 4.98 Å². The van der Waals surface area contributed by atoms with Crippen molar-refractivity contribution < 1.29 is 14.0 Å². The topological polar surface area (TPSA) is 71.1 Å². The Bertz CT molecular complexity index is 1390. The number of nitrogens with zero attached hydrogens (tertiary/aromatic N) is 1. The number of thioether (sulfide) groups is 1. The van der Waals surface area contributed by atoms with Gasteiger partial charge < -0.3 is 10.6 Å². The Morgan fingerprint density at radius 1 is 0.921 bits per heavy atom. The molecular weight excluding hydrogens is 517 g/mol. The van der Waals surface area contributed by atoms with Crippen molar-refractivity contribution in [3.63, 3.8) is 0 Å². The normalized spacial score (nSPS) is 14.6. The van der Waals surface area contributed by atoms with Gasteiger partial charge in [0.15, 0.2) is 5.13 Å². The Labute approximate surface area is 229 Å². The molecule has 38 heavy (non-hydrogen) atoms. The van der Waals surface area contributed by atoms with Gasteiger partial charge in [0.2, 0.25) is 11.8 Å². The zero-order valence-corrected chi connectivity index (χ0v) is 22.4. The molecule has 0 aliphatic heterocycles. The Morgan fingerprint density at radius 3 is 2.45 bits per heavy atom. The average molecular weight is 546 g/mol. The number of hydrogen-bond donors (Lipinski definition) is 2. The molecule has 1 fully saturated rings. The van der Waals surface area contributed by atoms with Gasteiger partial charge in [-0.1, -0.05) is 55.7 Å². The summed E-state index contributed by atoms with van der Waals surface area (Å²) in [7, 11) is 0. The Morgan fingerprint density at radius 2 is 1.68 bits per heavy atom. The van der Waals surface area contributed by atoms with Gasteiger partial charge in [-0.3, -0.25) is 9.59 Å². The third kappa shape index (κ3) is 6.68. The number of benzene rings is 3. The van der Waals surface area contributed by atoms with Crippen LogP contribution in [0.4, 0.5) is 15.2 Å². The van der Waals surface area contributed by atoms with E-state index in [1.807, 2.05) is 60.0 Å². The predicted octanol–water partition coefficient (Wildman–Crippen LogP) is 7.94. The molecule has 1 aromatic heterocycles. The molecule has 8 heteroatoms. The van der Waals surface area contributed by atoms with Crippen LogP contribution < -0.4 is 10.6 Å². The third-order valence-corrected chi connectivity index (χ3v) is 8.55. The first-order valence-electron chi connectivity index (χ1n) is 12.7. The molecule has 1 heterocycles. The summed E-state index contributed by atoms with van der Waals surface area (Å²) in [4.78, 5) is 31.6. The number of carbonyl (C=O) groups excluding carboxylic acids is 2. The van der Waals surface area contributed by atoms with Gasteiger partial charge in [0.1, 0.15) is 11.1 Å². The molecule has 3 aromatic carbocycles. The lowest BCUT2D eigenvalue weighted by molar-refractivity contribution is -0.120. The smallest absolute Gasteiger partial charge is 0.244 e. The number of anilines is 2. The van der Waals surface area contributed by atoms with E-state index in [-0.39, 0.29) is 23.5 Å². The minimum absolute atomic E-state index is 0.0704. The second-order valence-electron chi connectivity index (χ2n) is 9.29. The van der Waals surface area contributed by atoms with Crippen molar-refractivity contribution in [1.29, 1.82) is 0 Å². The fourth-order valence-electron chi connectivity index (χ4n) is 4.55. The van der Waals surface area contributed by atoms with Crippen LogP contribution in [0.2, 0.25) is 0 Å². The molecule has 5 rings (SSSR count). The van der Waals surface area contributed by atoms with Gasteiger partial charge in [0, 0.05) is 27.4 Å². The molecule has 1 aliphatic rings. The van der Waals surface area contributed by atoms with Crippen LogP contribution in [0.5, 0.6) is 0 Å². The van der Waals surface area contributed by atoms with Gasteiger partial charge in [-0.15, -0.1) is 23.1 Å². The minimum Gasteiger partial charge on any atom is -0.326 e. The summed E-state index contributed by atoms with van der Waals surface area (Å²) in [5.41, 5.74) is 3.06. The van der Waals surface area contributed by atoms with Crippen LogP contribution in [0.3, 0.4) is 0 Å². The van der Waals surface area contributed by atoms with Gasteiger partial charge >= 0.3 is 0 Å². The molecule has 1 saturated carbocycles. The number of hydrogen-bond acceptors (Lipinski definition) is 5. The molecule has 5 nitrogen and oxygen atoms in total. The van der Waals surface area contributed by atoms with Crippen molar-refractivity contribution in [2.75, 3.05) is 10.6 Å². The second-order valence-corrected chi connectivity index (χ2v) is 11.3. The van der Waals surface area contributed by atoms with Gasteiger partial charge in [0.05, 0.1) is 5.69 Å². The average Bonchev–Trinajstić information content (AvgIpc) is 3.41. The predicted molar refractivity (Wildman–Crippen MR) is 153 cm³/mol. The van der Waals surface area contributed by atoms with Crippen LogP contribution in [0.15, 0.2) is 89.1 Å². The lowest BCUT2D eigenvalue weighted by Crippen LogP contribution is -2.24. The Kier molecular flexibility index (Phi) is 8.51. The summed E-state index contributed by atoms with van der Waals surface area (Å²) >= 11 is 2.75. The van der Waals surface area contributed by atoms with E-state index in [2.05, 4.69) is 15.6 Å². The highest BCUT2D eigenvalue weighted by Crippen LogP contribution is 2.38. The van der Waals surface area contributed by atoms with Crippen LogP contribution in [0.1, 0.15) is 42.9 Å². The zero-order chi connectivity index (χ0) is 26.3. The lowest BCUT2D eigenvalue weighted by Gasteiger charge is -2.21. The SMILES string of the molecule is O=C(Nc1cccc(SC(C(=O)Nc2nc(-c3ccc(F)cc3)cs2)c2ccccc2)c1)C1CCCCC1. The minimum atomic E-state index is -0.529. The first kappa shape index (κ1) is 26.1. The fourth-order valence-corrected chi connectivity index (χ4v) is 6.35. The zero-order valence-electron chi connectivity index (χ0n) is 20.7. The number of amides is 2. The second kappa shape index (κ2) is 12.4. The molecule has 1 unspecified atom stereocenters. The molecule has 1 atom stereocenters. The highest BCUT2D eigenvalue weighted by atomic mass is 32.2. The maximum absolute atomic E-state index is 13.5. The van der Waals surface area contributed by atoms with Crippen molar-refractivity contribution in [2.45, 2.75) is 42.2 Å². The van der Waals surface area contributed by atoms with Crippen molar-refractivity contribution >= 4 is 45.7 Å². The van der Waals surface area contributed by atoms with E-state index >= 15 is 0 Å². The molecule has 0 saturated heterocycles. The van der Waals surface area contributed by atoms with E-state index < -0.39 is 5.25 Å². The first-order chi connectivity index (χ1) is 18.5. The molecule has 4 aromatic rings. The van der Waals surface area contributed by atoms with E-state index in [1.54, 1.807) is 12.1 Å². The number of carbonyl (C=O) groups is 2. The van der Waals surface area contributed by atoms with Crippen LogP contribution >= 0.6 is 23.1 Å². The third-order valence-electron chi connectivity index (χ3n) is 6.55. The molecular formula is C30H28FN3O2S2. The van der Waals surface area contributed by atoms with Gasteiger partial charge in [0.25, 0.3) is 0 Å². The van der Waals surface area contributed by atoms with Crippen LogP contribution in [-0.4, -0.2) is 16.8 Å². The maximum atomic E-state index is 13.5. The van der Waals surface area contributed by atoms with Crippen LogP contribution in [0.25, 0.3) is 11.3 Å². The maximum Gasteiger partial charge on any atom is 0.244 e. The standard InChI is InChI=1S/C30H28FN3O2S2/c31-23-16-14-20(15-17-23)26-19-37-30(33-26)34-29(36)27(21-8-3-1-4-9-21)38-25-13-7-12-24(18-25)32-28(35)22-10-5-2-6-11-22/h1,3-4,7-9,12-19,22,27H,2,5-6,10-11H2,(H,32,35)(H,33,34,36). The van der Waals surface area contributed by atoms with Gasteiger partial charge in [-0.05, 0) is 60.9 Å². The van der Waals surface area contributed by atoms with Crippen LogP contribution in [0, 0.1) is 11.7 Å². The summed E-state index contributed by atoms with van der Waals surface area (Å²) in [6.07, 6.45) is 5.29. The summed E-state index contributed by atoms with van der Waals surface area (Å²) in [6, 6.07) is 23.4. The van der Waals surface area contributed by atoms with E-state index in [0.29, 0.717) is 10.8 Å². The monoisotopic (exact) mass is 545 g/mol. The summed E-state index contributed by atoms with van der Waals surface area (Å²) < 4.78 is 13.3. The van der Waals surface area contributed by atoms with E-state index in [0.717, 1.165) is 47.4 Å². The molecule has 1 aliphatic carbocycles.